The molecule has 1 saturated carbocycles. The van der Waals surface area contributed by atoms with Gasteiger partial charge < -0.3 is 25.1 Å². The fourth-order valence-corrected chi connectivity index (χ4v) is 3.65. The molecule has 36 heavy (non-hydrogen) atoms. The number of aryl methyl sites for hydroxylation is 1. The fourth-order valence-electron chi connectivity index (χ4n) is 3.65. The zero-order valence-electron chi connectivity index (χ0n) is 20.1. The summed E-state index contributed by atoms with van der Waals surface area (Å²) in [5, 5.41) is 14.1. The lowest BCUT2D eigenvalue weighted by molar-refractivity contribution is -0.157. The second-order valence-electron chi connectivity index (χ2n) is 9.46. The van der Waals surface area contributed by atoms with E-state index in [1.807, 2.05) is 6.92 Å². The first-order chi connectivity index (χ1) is 16.7. The molecule has 3 rings (SSSR count). The highest BCUT2D eigenvalue weighted by Gasteiger charge is 2.41. The molecule has 1 aliphatic rings. The van der Waals surface area contributed by atoms with Gasteiger partial charge in [-0.15, -0.1) is 10.2 Å². The number of hydrogen-bond donors (Lipinski definition) is 3. The fraction of sp³-hybridized carbons (Fsp3) is 0.545. The first-order valence-electron chi connectivity index (χ1n) is 11.2. The maximum Gasteiger partial charge on any atom is 0.470 e. The third-order valence-electron chi connectivity index (χ3n) is 5.26. The molecule has 3 N–H and O–H groups in total. The minimum atomic E-state index is -4.79. The quantitative estimate of drug-likeness (QED) is 0.530. The normalized spacial score (nSPS) is 20.4. The van der Waals surface area contributed by atoms with Crippen molar-refractivity contribution in [3.8, 4) is 0 Å². The number of ether oxygens (including phenoxy) is 1. The van der Waals surface area contributed by atoms with Crippen molar-refractivity contribution in [2.75, 3.05) is 5.32 Å². The third kappa shape index (κ3) is 7.39. The highest BCUT2D eigenvalue weighted by Crippen LogP contribution is 2.35. The molecule has 0 saturated heterocycles. The molecule has 0 radical (unpaired) electrons. The van der Waals surface area contributed by atoms with E-state index in [1.165, 1.54) is 12.3 Å². The largest absolute Gasteiger partial charge is 0.470 e. The van der Waals surface area contributed by atoms with Crippen molar-refractivity contribution in [1.82, 2.24) is 25.8 Å². The van der Waals surface area contributed by atoms with Crippen LogP contribution in [0.5, 0.6) is 0 Å². The van der Waals surface area contributed by atoms with Crippen molar-refractivity contribution >= 4 is 23.7 Å². The van der Waals surface area contributed by atoms with Crippen LogP contribution in [0.15, 0.2) is 22.7 Å². The maximum atomic E-state index is 12.9. The molecule has 1 fully saturated rings. The number of nitrogens with zero attached hydrogens (tertiary/aromatic N) is 3. The smallest absolute Gasteiger partial charge is 0.444 e. The molecule has 2 aromatic heterocycles. The second kappa shape index (κ2) is 10.5. The summed E-state index contributed by atoms with van der Waals surface area (Å²) in [5.41, 5.74) is 0.0558. The molecular weight excluding hydrogens is 485 g/mol. The number of amides is 3. The number of hydrogen-bond acceptors (Lipinski definition) is 8. The Kier molecular flexibility index (Phi) is 7.84. The number of alkyl carbamates (subject to hydrolysis) is 1. The van der Waals surface area contributed by atoms with Crippen LogP contribution in [-0.4, -0.2) is 50.8 Å². The van der Waals surface area contributed by atoms with Gasteiger partial charge in [0, 0.05) is 18.2 Å². The van der Waals surface area contributed by atoms with Crippen molar-refractivity contribution in [2.24, 2.45) is 0 Å². The van der Waals surface area contributed by atoms with Crippen molar-refractivity contribution in [2.45, 2.75) is 76.7 Å². The van der Waals surface area contributed by atoms with Gasteiger partial charge in [-0.2, -0.15) is 13.2 Å². The molecule has 1 aliphatic carbocycles. The summed E-state index contributed by atoms with van der Waals surface area (Å²) < 4.78 is 48.7. The van der Waals surface area contributed by atoms with E-state index in [9.17, 15) is 27.6 Å². The van der Waals surface area contributed by atoms with Gasteiger partial charge in [0.2, 0.25) is 5.89 Å². The predicted molar refractivity (Wildman–Crippen MR) is 119 cm³/mol. The van der Waals surface area contributed by atoms with Crippen molar-refractivity contribution in [3.05, 3.63) is 35.7 Å². The first-order valence-corrected chi connectivity index (χ1v) is 11.2. The van der Waals surface area contributed by atoms with Gasteiger partial charge in [0.15, 0.2) is 0 Å². The highest BCUT2D eigenvalue weighted by atomic mass is 19.4. The van der Waals surface area contributed by atoms with E-state index in [4.69, 9.17) is 9.15 Å². The van der Waals surface area contributed by atoms with E-state index in [-0.39, 0.29) is 31.0 Å². The molecule has 0 aromatic carbocycles. The number of aromatic nitrogens is 3. The molecule has 0 spiro atoms. The summed E-state index contributed by atoms with van der Waals surface area (Å²) in [5.74, 6) is -4.06. The molecule has 14 heteroatoms. The monoisotopic (exact) mass is 512 g/mol. The number of halogens is 3. The average Bonchev–Trinajstić information content (AvgIpc) is 3.26. The van der Waals surface area contributed by atoms with Crippen molar-refractivity contribution in [1.29, 1.82) is 0 Å². The number of pyridine rings is 1. The van der Waals surface area contributed by atoms with Crippen LogP contribution < -0.4 is 16.0 Å². The van der Waals surface area contributed by atoms with Crippen LogP contribution in [-0.2, 0) is 20.5 Å². The van der Waals surface area contributed by atoms with Gasteiger partial charge in [0.1, 0.15) is 11.4 Å². The third-order valence-corrected chi connectivity index (χ3v) is 5.26. The van der Waals surface area contributed by atoms with E-state index in [2.05, 4.69) is 31.1 Å². The summed E-state index contributed by atoms with van der Waals surface area (Å²) in [6, 6.07) is 1.74. The van der Waals surface area contributed by atoms with E-state index in [0.29, 0.717) is 0 Å². The Morgan fingerprint density at radius 3 is 2.33 bits per heavy atom. The lowest BCUT2D eigenvalue weighted by Crippen LogP contribution is -2.56. The number of carbonyl (C=O) groups excluding carboxylic acids is 3. The summed E-state index contributed by atoms with van der Waals surface area (Å²) in [7, 11) is 0. The Morgan fingerprint density at radius 2 is 1.75 bits per heavy atom. The van der Waals surface area contributed by atoms with Crippen molar-refractivity contribution < 1.29 is 36.7 Å². The van der Waals surface area contributed by atoms with Gasteiger partial charge in [-0.3, -0.25) is 9.59 Å². The summed E-state index contributed by atoms with van der Waals surface area (Å²) in [6.45, 7) is 6.81. The SMILES string of the molecule is Cc1ccc(NC(=O)C(=O)N[C@H]2CC[C@H](c3nnc(C(F)(F)F)o3)C[C@H]2NC(=O)OC(C)(C)C)nc1. The van der Waals surface area contributed by atoms with Gasteiger partial charge in [0.25, 0.3) is 0 Å². The first kappa shape index (κ1) is 26.9. The van der Waals surface area contributed by atoms with Crippen LogP contribution in [0.2, 0.25) is 0 Å². The number of nitrogens with one attached hydrogen (secondary N) is 3. The summed E-state index contributed by atoms with van der Waals surface area (Å²) >= 11 is 0. The van der Waals surface area contributed by atoms with Gasteiger partial charge in [-0.25, -0.2) is 9.78 Å². The van der Waals surface area contributed by atoms with Crippen LogP contribution in [0.1, 0.15) is 63.3 Å². The number of carbonyl (C=O) groups is 3. The van der Waals surface area contributed by atoms with Crippen LogP contribution in [0.25, 0.3) is 0 Å². The Morgan fingerprint density at radius 1 is 1.03 bits per heavy atom. The van der Waals surface area contributed by atoms with Gasteiger partial charge in [-0.1, -0.05) is 6.07 Å². The predicted octanol–water partition coefficient (Wildman–Crippen LogP) is 3.08. The lowest BCUT2D eigenvalue weighted by Gasteiger charge is -2.36. The van der Waals surface area contributed by atoms with Gasteiger partial charge in [0.05, 0.1) is 6.04 Å². The minimum absolute atomic E-state index is 0.0603. The topological polar surface area (TPSA) is 148 Å². The molecule has 196 valence electrons. The number of anilines is 1. The number of alkyl halides is 3. The molecule has 3 atom stereocenters. The van der Waals surface area contributed by atoms with Crippen LogP contribution in [0.3, 0.4) is 0 Å². The Balaban J connectivity index is 1.71. The van der Waals surface area contributed by atoms with E-state index in [1.54, 1.807) is 26.8 Å². The molecule has 11 nitrogen and oxygen atoms in total. The molecule has 0 bridgehead atoms. The Bertz CT molecular complexity index is 1100. The van der Waals surface area contributed by atoms with Crippen LogP contribution in [0.4, 0.5) is 23.8 Å². The van der Waals surface area contributed by atoms with Crippen LogP contribution >= 0.6 is 0 Å². The highest BCUT2D eigenvalue weighted by molar-refractivity contribution is 6.39. The molecule has 0 aliphatic heterocycles. The summed E-state index contributed by atoms with van der Waals surface area (Å²) in [4.78, 5) is 41.3. The minimum Gasteiger partial charge on any atom is -0.444 e. The Hall–Kier alpha value is -3.71. The van der Waals surface area contributed by atoms with E-state index in [0.717, 1.165) is 5.56 Å². The van der Waals surface area contributed by atoms with E-state index < -0.39 is 53.6 Å². The average molecular weight is 512 g/mol. The molecule has 0 unspecified atom stereocenters. The molecule has 3 amide bonds. The molecule has 2 aromatic rings. The summed E-state index contributed by atoms with van der Waals surface area (Å²) in [6.07, 6.45) is -3.52. The van der Waals surface area contributed by atoms with Crippen LogP contribution in [0, 0.1) is 6.92 Å². The molecule has 2 heterocycles. The molecular formula is C22H27F3N6O5. The van der Waals surface area contributed by atoms with Gasteiger partial charge >= 0.3 is 30.0 Å². The van der Waals surface area contributed by atoms with Gasteiger partial charge in [-0.05, 0) is 58.6 Å². The zero-order chi connectivity index (χ0) is 26.7. The van der Waals surface area contributed by atoms with E-state index >= 15 is 0 Å². The number of rotatable bonds is 4. The standard InChI is InChI=1S/C22H27F3N6O5/c1-11-5-8-15(26-10-11)29-17(33)16(32)27-13-7-6-12(18-30-31-19(35-18)22(23,24)25)9-14(13)28-20(34)36-21(2,3)4/h5,8,10,12-14H,6-7,9H2,1-4H3,(H,27,32)(H,28,34)(H,26,29,33)/t12-,13-,14+/m0/s1. The second-order valence-corrected chi connectivity index (χ2v) is 9.46. The maximum absolute atomic E-state index is 12.9. The van der Waals surface area contributed by atoms with Crippen molar-refractivity contribution in [3.63, 3.8) is 0 Å². The lowest BCUT2D eigenvalue weighted by atomic mass is 9.82. The zero-order valence-corrected chi connectivity index (χ0v) is 20.1. The Labute approximate surface area is 204 Å².